The van der Waals surface area contributed by atoms with E-state index in [0.717, 1.165) is 12.1 Å². The van der Waals surface area contributed by atoms with E-state index >= 15 is 0 Å². The van der Waals surface area contributed by atoms with Crippen LogP contribution in [0.1, 0.15) is 17.5 Å². The SMILES string of the molecule is N[C@H](Cc1ccc(F)c(F)c1)c1nnco1. The highest BCUT2D eigenvalue weighted by molar-refractivity contribution is 5.19. The average Bonchev–Trinajstić information content (AvgIpc) is 2.77. The summed E-state index contributed by atoms with van der Waals surface area (Å²) in [5, 5.41) is 7.13. The van der Waals surface area contributed by atoms with Gasteiger partial charge >= 0.3 is 0 Å². The smallest absolute Gasteiger partial charge is 0.233 e. The molecule has 0 aliphatic heterocycles. The third kappa shape index (κ3) is 2.22. The van der Waals surface area contributed by atoms with Gasteiger partial charge in [0.2, 0.25) is 12.3 Å². The van der Waals surface area contributed by atoms with Crippen molar-refractivity contribution in [2.45, 2.75) is 12.5 Å². The molecule has 2 N–H and O–H groups in total. The van der Waals surface area contributed by atoms with Gasteiger partial charge in [-0.15, -0.1) is 10.2 Å². The molecule has 1 aromatic carbocycles. The molecular formula is C10H9F2N3O. The number of hydrogen-bond acceptors (Lipinski definition) is 4. The molecule has 0 spiro atoms. The second kappa shape index (κ2) is 4.36. The van der Waals surface area contributed by atoms with Gasteiger partial charge in [-0.25, -0.2) is 8.78 Å². The Morgan fingerprint density at radius 3 is 2.75 bits per heavy atom. The van der Waals surface area contributed by atoms with Gasteiger partial charge in [-0.1, -0.05) is 6.07 Å². The number of halogens is 2. The molecular weight excluding hydrogens is 216 g/mol. The van der Waals surface area contributed by atoms with E-state index in [9.17, 15) is 8.78 Å². The Bertz CT molecular complexity index is 473. The van der Waals surface area contributed by atoms with Crippen LogP contribution in [0, 0.1) is 11.6 Å². The van der Waals surface area contributed by atoms with Crippen molar-refractivity contribution in [1.82, 2.24) is 10.2 Å². The summed E-state index contributed by atoms with van der Waals surface area (Å²) in [6.07, 6.45) is 1.47. The van der Waals surface area contributed by atoms with E-state index in [1.165, 1.54) is 12.5 Å². The second-order valence-corrected chi connectivity index (χ2v) is 3.34. The minimum atomic E-state index is -0.893. The molecule has 84 valence electrons. The lowest BCUT2D eigenvalue weighted by Crippen LogP contribution is -2.14. The normalized spacial score (nSPS) is 12.7. The number of rotatable bonds is 3. The van der Waals surface area contributed by atoms with E-state index in [4.69, 9.17) is 10.2 Å². The van der Waals surface area contributed by atoms with E-state index in [1.807, 2.05) is 0 Å². The van der Waals surface area contributed by atoms with E-state index in [-0.39, 0.29) is 5.89 Å². The van der Waals surface area contributed by atoms with Crippen LogP contribution in [0.2, 0.25) is 0 Å². The molecule has 0 fully saturated rings. The van der Waals surface area contributed by atoms with Crippen LogP contribution in [0.4, 0.5) is 8.78 Å². The Labute approximate surface area is 90.1 Å². The van der Waals surface area contributed by atoms with Crippen molar-refractivity contribution in [3.8, 4) is 0 Å². The minimum Gasteiger partial charge on any atom is -0.426 e. The Morgan fingerprint density at radius 2 is 2.12 bits per heavy atom. The van der Waals surface area contributed by atoms with Crippen LogP contribution >= 0.6 is 0 Å². The fraction of sp³-hybridized carbons (Fsp3) is 0.200. The fourth-order valence-corrected chi connectivity index (χ4v) is 1.35. The van der Waals surface area contributed by atoms with Gasteiger partial charge in [0.15, 0.2) is 11.6 Å². The summed E-state index contributed by atoms with van der Waals surface area (Å²) in [5.41, 5.74) is 6.32. The zero-order valence-electron chi connectivity index (χ0n) is 8.23. The molecule has 0 radical (unpaired) electrons. The fourth-order valence-electron chi connectivity index (χ4n) is 1.35. The van der Waals surface area contributed by atoms with E-state index in [0.29, 0.717) is 12.0 Å². The first-order valence-corrected chi connectivity index (χ1v) is 4.62. The predicted molar refractivity (Wildman–Crippen MR) is 51.3 cm³/mol. The van der Waals surface area contributed by atoms with Gasteiger partial charge in [0.05, 0.1) is 6.04 Å². The third-order valence-corrected chi connectivity index (χ3v) is 2.13. The molecule has 0 unspecified atom stereocenters. The van der Waals surface area contributed by atoms with E-state index in [1.54, 1.807) is 0 Å². The van der Waals surface area contributed by atoms with Crippen molar-refractivity contribution < 1.29 is 13.2 Å². The number of nitrogens with zero attached hydrogens (tertiary/aromatic N) is 2. The summed E-state index contributed by atoms with van der Waals surface area (Å²) in [6.45, 7) is 0. The first kappa shape index (κ1) is 10.7. The van der Waals surface area contributed by atoms with Crippen molar-refractivity contribution in [2.24, 2.45) is 5.73 Å². The van der Waals surface area contributed by atoms with Crippen molar-refractivity contribution in [2.75, 3.05) is 0 Å². The number of hydrogen-bond donors (Lipinski definition) is 1. The van der Waals surface area contributed by atoms with Crippen molar-refractivity contribution in [3.05, 3.63) is 47.7 Å². The monoisotopic (exact) mass is 225 g/mol. The summed E-state index contributed by atoms with van der Waals surface area (Å²) in [4.78, 5) is 0. The van der Waals surface area contributed by atoms with Gasteiger partial charge in [0.1, 0.15) is 0 Å². The zero-order valence-corrected chi connectivity index (χ0v) is 8.23. The van der Waals surface area contributed by atoms with E-state index in [2.05, 4.69) is 10.2 Å². The van der Waals surface area contributed by atoms with Gasteiger partial charge in [-0.05, 0) is 24.1 Å². The molecule has 4 nitrogen and oxygen atoms in total. The summed E-state index contributed by atoms with van der Waals surface area (Å²) in [6, 6.07) is 3.11. The number of nitrogens with two attached hydrogens (primary N) is 1. The Kier molecular flexibility index (Phi) is 2.91. The first-order valence-electron chi connectivity index (χ1n) is 4.62. The van der Waals surface area contributed by atoms with Crippen LogP contribution < -0.4 is 5.73 Å². The molecule has 0 amide bonds. The number of aromatic nitrogens is 2. The molecule has 0 aliphatic carbocycles. The van der Waals surface area contributed by atoms with Gasteiger partial charge < -0.3 is 10.2 Å². The van der Waals surface area contributed by atoms with Crippen LogP contribution in [0.15, 0.2) is 29.0 Å². The molecule has 1 aromatic heterocycles. The lowest BCUT2D eigenvalue weighted by Gasteiger charge is -2.06. The van der Waals surface area contributed by atoms with Gasteiger partial charge in [-0.2, -0.15) is 0 Å². The van der Waals surface area contributed by atoms with Gasteiger partial charge in [0, 0.05) is 0 Å². The summed E-state index contributed by atoms with van der Waals surface area (Å²) in [5.74, 6) is -1.50. The molecule has 2 aromatic rings. The minimum absolute atomic E-state index is 0.268. The van der Waals surface area contributed by atoms with Gasteiger partial charge in [-0.3, -0.25) is 0 Å². The molecule has 0 aliphatic rings. The predicted octanol–water partition coefficient (Wildman–Crippen LogP) is 1.59. The van der Waals surface area contributed by atoms with Crippen molar-refractivity contribution in [1.29, 1.82) is 0 Å². The second-order valence-electron chi connectivity index (χ2n) is 3.34. The highest BCUT2D eigenvalue weighted by Gasteiger charge is 2.13. The molecule has 0 saturated carbocycles. The maximum absolute atomic E-state index is 12.9. The molecule has 2 rings (SSSR count). The molecule has 1 atom stereocenters. The quantitative estimate of drug-likeness (QED) is 0.861. The molecule has 6 heteroatoms. The Balaban J connectivity index is 2.12. The highest BCUT2D eigenvalue weighted by atomic mass is 19.2. The van der Waals surface area contributed by atoms with Gasteiger partial charge in [0.25, 0.3) is 0 Å². The van der Waals surface area contributed by atoms with Crippen LogP contribution in [0.25, 0.3) is 0 Å². The highest BCUT2D eigenvalue weighted by Crippen LogP contribution is 2.15. The lowest BCUT2D eigenvalue weighted by molar-refractivity contribution is 0.446. The lowest BCUT2D eigenvalue weighted by atomic mass is 10.1. The molecule has 16 heavy (non-hydrogen) atoms. The summed E-state index contributed by atoms with van der Waals surface area (Å²) in [7, 11) is 0. The van der Waals surface area contributed by atoms with Crippen LogP contribution in [0.3, 0.4) is 0 Å². The van der Waals surface area contributed by atoms with Crippen molar-refractivity contribution >= 4 is 0 Å². The molecule has 0 bridgehead atoms. The number of benzene rings is 1. The molecule has 0 saturated heterocycles. The van der Waals surface area contributed by atoms with Crippen LogP contribution in [-0.2, 0) is 6.42 Å². The van der Waals surface area contributed by atoms with E-state index < -0.39 is 17.7 Å². The zero-order chi connectivity index (χ0) is 11.5. The van der Waals surface area contributed by atoms with Crippen LogP contribution in [0.5, 0.6) is 0 Å². The first-order chi connectivity index (χ1) is 7.66. The maximum Gasteiger partial charge on any atom is 0.233 e. The van der Waals surface area contributed by atoms with Crippen LogP contribution in [-0.4, -0.2) is 10.2 Å². The van der Waals surface area contributed by atoms with Crippen molar-refractivity contribution in [3.63, 3.8) is 0 Å². The largest absolute Gasteiger partial charge is 0.426 e. The maximum atomic E-state index is 12.9. The Morgan fingerprint density at radius 1 is 1.31 bits per heavy atom. The topological polar surface area (TPSA) is 64.9 Å². The third-order valence-electron chi connectivity index (χ3n) is 2.13. The average molecular weight is 225 g/mol. The Hall–Kier alpha value is -1.82. The molecule has 1 heterocycles. The summed E-state index contributed by atoms with van der Waals surface area (Å²) >= 11 is 0. The standard InChI is InChI=1S/C10H9F2N3O/c11-7-2-1-6(3-8(7)12)4-9(13)10-15-14-5-16-10/h1-3,5,9H,4,13H2/t9-/m1/s1. The summed E-state index contributed by atoms with van der Waals surface area (Å²) < 4.78 is 30.5.